The first-order chi connectivity index (χ1) is 42.5. The molecule has 4 aromatic carbocycles. The van der Waals surface area contributed by atoms with Crippen LogP contribution in [0.5, 0.6) is 11.5 Å². The van der Waals surface area contributed by atoms with Crippen molar-refractivity contribution in [2.24, 2.45) is 58.0 Å². The molecule has 1 saturated heterocycles. The SMILES string of the molecule is COc1ccc(C(OC[C@H]2O[C@@H](n3ccc(NC(=O)c4ccccc4)nc3=O)[C@H](OC3(OC(N)=O)CC4=CCC5C(CC[C@@]6(C)C5CC[C@@H]6[C@H](C)CCCC(C)C)[C@@]4(C)CC3CCCCCCNC=O)[C@@H]2O)(c2ccccc2)c2ccc(OC)cc2)cc1. The zero-order chi connectivity index (χ0) is 62.2. The topological polar surface area (TPSA) is 212 Å². The number of hydrogen-bond acceptors (Lipinski definition) is 12. The van der Waals surface area contributed by atoms with E-state index in [0.29, 0.717) is 72.0 Å². The third-order valence-corrected chi connectivity index (χ3v) is 21.2. The minimum Gasteiger partial charge on any atom is -0.497 e. The minimum atomic E-state index is -1.72. The average molecular weight is 1200 g/mol. The highest BCUT2D eigenvalue weighted by Gasteiger charge is 2.64. The number of aliphatic hydroxyl groups excluding tert-OH is 1. The van der Waals surface area contributed by atoms with Gasteiger partial charge in [0.1, 0.15) is 41.2 Å². The molecule has 5 unspecified atom stereocenters. The van der Waals surface area contributed by atoms with E-state index >= 15 is 0 Å². The minimum absolute atomic E-state index is 0.00886. The molecule has 10 rings (SSSR count). The molecule has 16 heteroatoms. The number of aromatic nitrogens is 2. The molecule has 2 heterocycles. The number of benzene rings is 4. The predicted molar refractivity (Wildman–Crippen MR) is 338 cm³/mol. The van der Waals surface area contributed by atoms with Crippen LogP contribution in [0.3, 0.4) is 0 Å². The van der Waals surface area contributed by atoms with Gasteiger partial charge in [-0.25, -0.2) is 9.59 Å². The van der Waals surface area contributed by atoms with E-state index in [0.717, 1.165) is 67.2 Å². The second kappa shape index (κ2) is 27.9. The number of fused-ring (bicyclic) bond motifs is 5. The predicted octanol–water partition coefficient (Wildman–Crippen LogP) is 12.9. The fraction of sp³-hybridized carbons (Fsp3) is 0.542. The van der Waals surface area contributed by atoms with Crippen LogP contribution in [0.2, 0.25) is 0 Å². The lowest BCUT2D eigenvalue weighted by molar-refractivity contribution is -0.292. The molecular weight excluding hydrogens is 1110 g/mol. The summed E-state index contributed by atoms with van der Waals surface area (Å²) in [6.45, 7) is 12.5. The summed E-state index contributed by atoms with van der Waals surface area (Å²) in [5.41, 5.74) is 7.95. The van der Waals surface area contributed by atoms with Gasteiger partial charge in [0.15, 0.2) is 6.23 Å². The molecule has 0 radical (unpaired) electrons. The first kappa shape index (κ1) is 64.1. The molecule has 1 aromatic heterocycles. The van der Waals surface area contributed by atoms with Gasteiger partial charge >= 0.3 is 11.8 Å². The highest BCUT2D eigenvalue weighted by molar-refractivity contribution is 6.03. The molecule has 13 atom stereocenters. The highest BCUT2D eigenvalue weighted by Crippen LogP contribution is 2.69. The lowest BCUT2D eigenvalue weighted by Gasteiger charge is -2.61. The van der Waals surface area contributed by atoms with Gasteiger partial charge in [0.25, 0.3) is 5.91 Å². The van der Waals surface area contributed by atoms with Crippen LogP contribution in [0.15, 0.2) is 138 Å². The molecule has 5 N–H and O–H groups in total. The molecule has 3 amide bonds. The van der Waals surface area contributed by atoms with Gasteiger partial charge in [-0.2, -0.15) is 4.98 Å². The van der Waals surface area contributed by atoms with Crippen molar-refractivity contribution in [3.63, 3.8) is 0 Å². The number of nitrogens with zero attached hydrogens (tertiary/aromatic N) is 2. The van der Waals surface area contributed by atoms with Gasteiger partial charge in [-0.15, -0.1) is 0 Å². The third kappa shape index (κ3) is 13.2. The Balaban J connectivity index is 1.03. The number of carbonyl (C=O) groups is 3. The molecule has 5 aliphatic rings. The maximum absolute atomic E-state index is 14.7. The smallest absolute Gasteiger partial charge is 0.407 e. The molecule has 3 saturated carbocycles. The van der Waals surface area contributed by atoms with Gasteiger partial charge in [-0.05, 0) is 157 Å². The van der Waals surface area contributed by atoms with Crippen molar-refractivity contribution in [3.05, 3.63) is 166 Å². The normalized spacial score (nSPS) is 28.6. The molecule has 472 valence electrons. The summed E-state index contributed by atoms with van der Waals surface area (Å²) in [5.74, 6) is 2.30. The maximum atomic E-state index is 14.7. The van der Waals surface area contributed by atoms with E-state index in [4.69, 9.17) is 34.2 Å². The van der Waals surface area contributed by atoms with Gasteiger partial charge in [0.2, 0.25) is 12.2 Å². The molecule has 5 aromatic rings. The monoisotopic (exact) mass is 1200 g/mol. The Kier molecular flexibility index (Phi) is 20.3. The van der Waals surface area contributed by atoms with Gasteiger partial charge in [0.05, 0.1) is 20.8 Å². The summed E-state index contributed by atoms with van der Waals surface area (Å²) in [4.78, 5) is 57.3. The number of allylic oxidation sites excluding steroid dienone is 1. The Bertz CT molecular complexity index is 3180. The zero-order valence-electron chi connectivity index (χ0n) is 52.6. The van der Waals surface area contributed by atoms with Crippen LogP contribution in [0, 0.1) is 52.3 Å². The van der Waals surface area contributed by atoms with E-state index < -0.39 is 59.5 Å². The number of nitrogens with two attached hydrogens (primary N) is 1. The average Bonchev–Trinajstić information content (AvgIpc) is 1.18. The van der Waals surface area contributed by atoms with Gasteiger partial charge in [0, 0.05) is 30.6 Å². The van der Waals surface area contributed by atoms with Crippen molar-refractivity contribution in [2.75, 3.05) is 32.7 Å². The van der Waals surface area contributed by atoms with Crippen molar-refractivity contribution in [2.45, 2.75) is 167 Å². The van der Waals surface area contributed by atoms with Crippen LogP contribution in [0.1, 0.15) is 164 Å². The first-order valence-corrected chi connectivity index (χ1v) is 32.3. The molecule has 4 aliphatic carbocycles. The van der Waals surface area contributed by atoms with Gasteiger partial charge in [-0.3, -0.25) is 14.2 Å². The number of ether oxygens (including phenoxy) is 6. The van der Waals surface area contributed by atoms with Crippen LogP contribution in [0.4, 0.5) is 10.6 Å². The molecular formula is C72H93N5O11. The Morgan fingerprint density at radius 3 is 2.12 bits per heavy atom. The molecule has 16 nitrogen and oxygen atoms in total. The molecule has 88 heavy (non-hydrogen) atoms. The van der Waals surface area contributed by atoms with Crippen molar-refractivity contribution < 1.29 is 47.9 Å². The van der Waals surface area contributed by atoms with Crippen molar-refractivity contribution >= 4 is 24.2 Å². The lowest BCUT2D eigenvalue weighted by Crippen LogP contribution is -2.59. The summed E-state index contributed by atoms with van der Waals surface area (Å²) < 4.78 is 40.9. The summed E-state index contributed by atoms with van der Waals surface area (Å²) in [5, 5.41) is 18.7. The molecule has 1 aliphatic heterocycles. The number of aliphatic hydroxyl groups is 1. The number of unbranched alkanes of at least 4 members (excludes halogenated alkanes) is 3. The standard InChI is InChI=1S/C72H93N5O11/c1-47(2)19-18-20-48(3)58-36-37-59-57-35-30-53-44-71(88-67(73)81,54(25-14-8-9-17-41-74-46-78)43-70(53,5)60(57)38-40-69(58,59)4)87-64-63(79)61(86-66(64)77-42-39-62(76-68(77)82)75-65(80)49-21-12-10-13-22-49)45-85-72(50-23-15-11-16-24-50,51-26-31-55(83-6)32-27-51)52-28-33-56(84-7)34-29-52/h10-13,15-16,21-24,26-34,39,42,46-48,54,57-61,63-64,66,79H,8-9,14,17-20,25,35-38,40-41,43-45H2,1-7H3,(H2,73,81)(H,74,78)(H,75,76,80,82)/t48-,54?,57?,58-,59?,60?,61-,63-,64-,66-,69-,70+,71?/m1/s1. The van der Waals surface area contributed by atoms with Crippen LogP contribution in [0.25, 0.3) is 0 Å². The summed E-state index contributed by atoms with van der Waals surface area (Å²) in [7, 11) is 3.22. The quantitative estimate of drug-likeness (QED) is 0.0127. The maximum Gasteiger partial charge on any atom is 0.407 e. The summed E-state index contributed by atoms with van der Waals surface area (Å²) in [6.07, 6.45) is 12.4. The lowest BCUT2D eigenvalue weighted by atomic mass is 9.45. The number of hydrogen-bond donors (Lipinski definition) is 4. The van der Waals surface area contributed by atoms with E-state index in [1.165, 1.54) is 55.4 Å². The van der Waals surface area contributed by atoms with E-state index in [1.807, 2.05) is 78.9 Å². The Hall–Kier alpha value is -6.85. The van der Waals surface area contributed by atoms with Crippen molar-refractivity contribution in [1.82, 2.24) is 14.9 Å². The Morgan fingerprint density at radius 1 is 0.830 bits per heavy atom. The van der Waals surface area contributed by atoms with Crippen molar-refractivity contribution in [1.29, 1.82) is 0 Å². The summed E-state index contributed by atoms with van der Waals surface area (Å²) in [6, 6.07) is 35.2. The molecule has 0 spiro atoms. The van der Waals surface area contributed by atoms with Gasteiger partial charge in [-0.1, -0.05) is 158 Å². The van der Waals surface area contributed by atoms with E-state index in [-0.39, 0.29) is 29.7 Å². The highest BCUT2D eigenvalue weighted by atomic mass is 16.7. The number of amides is 3. The number of nitrogens with one attached hydrogen (secondary N) is 2. The van der Waals surface area contributed by atoms with Gasteiger partial charge < -0.3 is 49.9 Å². The third-order valence-electron chi connectivity index (χ3n) is 21.2. The summed E-state index contributed by atoms with van der Waals surface area (Å²) >= 11 is 0. The second-order valence-electron chi connectivity index (χ2n) is 26.7. The van der Waals surface area contributed by atoms with Crippen LogP contribution in [-0.4, -0.2) is 84.5 Å². The number of carbonyl (C=O) groups excluding carboxylic acids is 3. The fourth-order valence-corrected chi connectivity index (χ4v) is 16.8. The Labute approximate surface area is 519 Å². The number of primary amides is 1. The van der Waals surface area contributed by atoms with E-state index in [9.17, 15) is 24.3 Å². The van der Waals surface area contributed by atoms with Crippen LogP contribution in [-0.2, 0) is 29.3 Å². The van der Waals surface area contributed by atoms with Crippen LogP contribution < -0.4 is 31.5 Å². The Morgan fingerprint density at radius 2 is 1.49 bits per heavy atom. The zero-order valence-corrected chi connectivity index (χ0v) is 52.6. The number of rotatable bonds is 27. The first-order valence-electron chi connectivity index (χ1n) is 32.3. The molecule has 0 bridgehead atoms. The van der Waals surface area contributed by atoms with E-state index in [2.05, 4.69) is 56.3 Å². The second-order valence-corrected chi connectivity index (χ2v) is 26.7. The molecule has 4 fully saturated rings. The number of anilines is 1. The van der Waals surface area contributed by atoms with E-state index in [1.54, 1.807) is 44.6 Å². The number of methoxy groups -OCH3 is 2. The fourth-order valence-electron chi connectivity index (χ4n) is 16.8. The van der Waals surface area contributed by atoms with Crippen LogP contribution >= 0.6 is 0 Å². The van der Waals surface area contributed by atoms with Crippen molar-refractivity contribution in [3.8, 4) is 11.5 Å². The largest absolute Gasteiger partial charge is 0.497 e.